The Bertz CT molecular complexity index is 898. The van der Waals surface area contributed by atoms with Crippen LogP contribution in [0, 0.1) is 13.8 Å². The molecule has 3 aromatic rings. The summed E-state index contributed by atoms with van der Waals surface area (Å²) in [6, 6.07) is 9.68. The highest BCUT2D eigenvalue weighted by Crippen LogP contribution is 2.25. The van der Waals surface area contributed by atoms with Crippen LogP contribution in [-0.4, -0.2) is 38.5 Å². The molecule has 0 aliphatic heterocycles. The number of nitrogens with one attached hydrogen (secondary N) is 1. The highest BCUT2D eigenvalue weighted by molar-refractivity contribution is 6.01. The van der Waals surface area contributed by atoms with Gasteiger partial charge in [-0.15, -0.1) is 0 Å². The van der Waals surface area contributed by atoms with E-state index in [4.69, 9.17) is 0 Å². The van der Waals surface area contributed by atoms with Crippen molar-refractivity contribution in [3.8, 4) is 0 Å². The molecule has 0 spiro atoms. The van der Waals surface area contributed by atoms with E-state index in [1.54, 1.807) is 17.3 Å². The molecule has 0 saturated carbocycles. The first kappa shape index (κ1) is 18.1. The smallest absolute Gasteiger partial charge is 0.271 e. The second kappa shape index (κ2) is 7.70. The maximum Gasteiger partial charge on any atom is 0.271 e. The second-order valence-corrected chi connectivity index (χ2v) is 6.71. The number of hydrogen-bond acceptors (Lipinski definition) is 3. The van der Waals surface area contributed by atoms with E-state index < -0.39 is 0 Å². The Morgan fingerprint density at radius 1 is 1.31 bits per heavy atom. The fourth-order valence-corrected chi connectivity index (χ4v) is 3.30. The third-order valence-electron chi connectivity index (χ3n) is 4.89. The van der Waals surface area contributed by atoms with Gasteiger partial charge in [0, 0.05) is 29.8 Å². The lowest BCUT2D eigenvalue weighted by Gasteiger charge is -2.30. The van der Waals surface area contributed by atoms with Crippen LogP contribution in [0.4, 0.5) is 0 Å². The molecule has 3 rings (SSSR count). The normalized spacial score (nSPS) is 12.3. The van der Waals surface area contributed by atoms with Gasteiger partial charge < -0.3 is 15.0 Å². The number of nitrogens with zero attached hydrogens (tertiary/aromatic N) is 2. The zero-order chi connectivity index (χ0) is 18.7. The summed E-state index contributed by atoms with van der Waals surface area (Å²) in [5, 5.41) is 10.9. The first-order valence-corrected chi connectivity index (χ1v) is 8.94. The zero-order valence-corrected chi connectivity index (χ0v) is 15.5. The molecule has 0 saturated heterocycles. The number of rotatable bonds is 6. The molecule has 1 amide bonds. The van der Waals surface area contributed by atoms with Gasteiger partial charge in [0.15, 0.2) is 0 Å². The average Bonchev–Trinajstić information content (AvgIpc) is 2.98. The minimum atomic E-state index is -0.241. The Morgan fingerprint density at radius 2 is 2.12 bits per heavy atom. The number of benzene rings is 1. The number of carbonyl (C=O) groups is 1. The molecule has 0 aliphatic carbocycles. The Kier molecular flexibility index (Phi) is 5.38. The molecule has 0 fully saturated rings. The van der Waals surface area contributed by atoms with Crippen molar-refractivity contribution < 1.29 is 9.90 Å². The van der Waals surface area contributed by atoms with Crippen LogP contribution in [0.1, 0.15) is 40.5 Å². The van der Waals surface area contributed by atoms with Gasteiger partial charge in [0.05, 0.1) is 12.6 Å². The number of carbonyl (C=O) groups excluding carboxylic acids is 1. The molecule has 0 aliphatic rings. The number of aromatic nitrogens is 2. The predicted molar refractivity (Wildman–Crippen MR) is 103 cm³/mol. The van der Waals surface area contributed by atoms with Crippen molar-refractivity contribution in [2.24, 2.45) is 0 Å². The number of amides is 1. The van der Waals surface area contributed by atoms with E-state index in [1.807, 2.05) is 45.0 Å². The van der Waals surface area contributed by atoms with Gasteiger partial charge in [-0.1, -0.05) is 24.6 Å². The summed E-state index contributed by atoms with van der Waals surface area (Å²) in [5.41, 5.74) is 4.58. The number of aliphatic hydroxyl groups excluding tert-OH is 1. The molecule has 1 atom stereocenters. The van der Waals surface area contributed by atoms with Crippen molar-refractivity contribution in [2.45, 2.75) is 39.8 Å². The second-order valence-electron chi connectivity index (χ2n) is 6.71. The summed E-state index contributed by atoms with van der Waals surface area (Å²) in [6.07, 6.45) is 4.15. The van der Waals surface area contributed by atoms with Gasteiger partial charge in [0.1, 0.15) is 5.69 Å². The summed E-state index contributed by atoms with van der Waals surface area (Å²) in [5.74, 6) is -0.0962. The molecule has 2 heterocycles. The van der Waals surface area contributed by atoms with Gasteiger partial charge in [-0.2, -0.15) is 0 Å². The van der Waals surface area contributed by atoms with Gasteiger partial charge in [-0.3, -0.25) is 9.78 Å². The van der Waals surface area contributed by atoms with E-state index in [-0.39, 0.29) is 18.6 Å². The summed E-state index contributed by atoms with van der Waals surface area (Å²) >= 11 is 0. The van der Waals surface area contributed by atoms with Crippen molar-refractivity contribution in [3.63, 3.8) is 0 Å². The Morgan fingerprint density at radius 3 is 2.77 bits per heavy atom. The summed E-state index contributed by atoms with van der Waals surface area (Å²) in [7, 11) is 0. The van der Waals surface area contributed by atoms with Crippen LogP contribution in [0.25, 0.3) is 10.9 Å². The summed E-state index contributed by atoms with van der Waals surface area (Å²) < 4.78 is 0. The maximum atomic E-state index is 13.3. The maximum absolute atomic E-state index is 13.3. The Labute approximate surface area is 153 Å². The van der Waals surface area contributed by atoms with Crippen molar-refractivity contribution in [1.29, 1.82) is 0 Å². The van der Waals surface area contributed by atoms with Crippen LogP contribution in [0.15, 0.2) is 42.7 Å². The number of aliphatic hydroxyl groups is 1. The molecule has 1 aromatic carbocycles. The van der Waals surface area contributed by atoms with Crippen LogP contribution < -0.4 is 0 Å². The third kappa shape index (κ3) is 3.48. The quantitative estimate of drug-likeness (QED) is 0.713. The minimum absolute atomic E-state index is 0.0686. The summed E-state index contributed by atoms with van der Waals surface area (Å²) in [6.45, 7) is 6.33. The first-order chi connectivity index (χ1) is 12.5. The zero-order valence-electron chi connectivity index (χ0n) is 15.5. The topological polar surface area (TPSA) is 69.2 Å². The molecule has 0 radical (unpaired) electrons. The number of fused-ring (bicyclic) bond motifs is 1. The van der Waals surface area contributed by atoms with E-state index in [0.29, 0.717) is 18.7 Å². The molecule has 0 unspecified atom stereocenters. The summed E-state index contributed by atoms with van der Waals surface area (Å²) in [4.78, 5) is 22.5. The van der Waals surface area contributed by atoms with Crippen LogP contribution >= 0.6 is 0 Å². The molecular formula is C21H25N3O2. The SMILES string of the molecule is CC[C@@H](CO)N(Cc1cccnc1)C(=O)c1[nH]c2ccc(C)cc2c1C. The van der Waals surface area contributed by atoms with Crippen LogP contribution in [0.2, 0.25) is 0 Å². The van der Waals surface area contributed by atoms with Gasteiger partial charge in [0.25, 0.3) is 5.91 Å². The molecular weight excluding hydrogens is 326 g/mol. The van der Waals surface area contributed by atoms with Crippen molar-refractivity contribution in [3.05, 3.63) is 65.1 Å². The van der Waals surface area contributed by atoms with Crippen molar-refractivity contribution in [1.82, 2.24) is 14.9 Å². The fourth-order valence-electron chi connectivity index (χ4n) is 3.30. The highest BCUT2D eigenvalue weighted by atomic mass is 16.3. The lowest BCUT2D eigenvalue weighted by molar-refractivity contribution is 0.0558. The predicted octanol–water partition coefficient (Wildman–Crippen LogP) is 3.59. The molecule has 5 nitrogen and oxygen atoms in total. The molecule has 0 bridgehead atoms. The van der Waals surface area contributed by atoms with Crippen LogP contribution in [0.5, 0.6) is 0 Å². The van der Waals surface area contributed by atoms with E-state index in [2.05, 4.69) is 16.0 Å². The van der Waals surface area contributed by atoms with Gasteiger partial charge in [-0.25, -0.2) is 0 Å². The molecule has 26 heavy (non-hydrogen) atoms. The fraction of sp³-hybridized carbons (Fsp3) is 0.333. The van der Waals surface area contributed by atoms with Crippen molar-refractivity contribution >= 4 is 16.8 Å². The minimum Gasteiger partial charge on any atom is -0.394 e. The molecule has 2 N–H and O–H groups in total. The van der Waals surface area contributed by atoms with E-state index in [0.717, 1.165) is 27.6 Å². The average molecular weight is 351 g/mol. The standard InChI is InChI=1S/C21H25N3O2/c1-4-17(13-25)24(12-16-6-5-9-22-11-16)21(26)20-15(3)18-10-14(2)7-8-19(18)23-20/h5-11,17,23,25H,4,12-13H2,1-3H3/t17-/m0/s1. The van der Waals surface area contributed by atoms with E-state index in [9.17, 15) is 9.90 Å². The number of aromatic amines is 1. The number of aryl methyl sites for hydroxylation is 2. The number of hydrogen-bond donors (Lipinski definition) is 2. The monoisotopic (exact) mass is 351 g/mol. The van der Waals surface area contributed by atoms with Gasteiger partial charge in [-0.05, 0) is 49.6 Å². The van der Waals surface area contributed by atoms with Crippen LogP contribution in [0.3, 0.4) is 0 Å². The molecule has 5 heteroatoms. The number of pyridine rings is 1. The lowest BCUT2D eigenvalue weighted by Crippen LogP contribution is -2.42. The first-order valence-electron chi connectivity index (χ1n) is 8.94. The highest BCUT2D eigenvalue weighted by Gasteiger charge is 2.26. The van der Waals surface area contributed by atoms with Gasteiger partial charge >= 0.3 is 0 Å². The molecule has 2 aromatic heterocycles. The number of H-pyrrole nitrogens is 1. The van der Waals surface area contributed by atoms with E-state index >= 15 is 0 Å². The Balaban J connectivity index is 2.00. The van der Waals surface area contributed by atoms with Crippen molar-refractivity contribution in [2.75, 3.05) is 6.61 Å². The molecule has 136 valence electrons. The largest absolute Gasteiger partial charge is 0.394 e. The lowest BCUT2D eigenvalue weighted by atomic mass is 10.1. The third-order valence-corrected chi connectivity index (χ3v) is 4.89. The van der Waals surface area contributed by atoms with Gasteiger partial charge in [0.2, 0.25) is 0 Å². The van der Waals surface area contributed by atoms with E-state index in [1.165, 1.54) is 0 Å². The van der Waals surface area contributed by atoms with Crippen LogP contribution in [-0.2, 0) is 6.54 Å². The Hall–Kier alpha value is -2.66.